The number of rotatable bonds is 1. The molecule has 1 aliphatic carbocycles. The monoisotopic (exact) mass is 166 g/mol. The largest absolute Gasteiger partial charge is 0.383 e. The molecule has 1 N–H and O–H groups in total. The first-order valence-electron chi connectivity index (χ1n) is 4.34. The van der Waals surface area contributed by atoms with Crippen LogP contribution in [0.2, 0.25) is 0 Å². The Hall–Kier alpha value is -0.830. The van der Waals surface area contributed by atoms with Crippen molar-refractivity contribution in [1.82, 2.24) is 9.55 Å². The van der Waals surface area contributed by atoms with Crippen molar-refractivity contribution >= 4 is 0 Å². The molecule has 2 atom stereocenters. The van der Waals surface area contributed by atoms with Gasteiger partial charge in [-0.15, -0.1) is 0 Å². The second-order valence-corrected chi connectivity index (χ2v) is 3.75. The molecule has 3 heteroatoms. The minimum Gasteiger partial charge on any atom is -0.383 e. The van der Waals surface area contributed by atoms with Crippen LogP contribution in [0.15, 0.2) is 12.5 Å². The average molecular weight is 166 g/mol. The van der Waals surface area contributed by atoms with E-state index in [1.807, 2.05) is 11.6 Å². The van der Waals surface area contributed by atoms with Crippen LogP contribution in [-0.2, 0) is 12.6 Å². The third-order valence-electron chi connectivity index (χ3n) is 3.03. The highest BCUT2D eigenvalue weighted by molar-refractivity contribution is 5.15. The molecule has 66 valence electrons. The van der Waals surface area contributed by atoms with Crippen molar-refractivity contribution in [2.75, 3.05) is 0 Å². The first-order chi connectivity index (χ1) is 5.64. The highest BCUT2D eigenvalue weighted by Gasteiger charge is 2.45. The van der Waals surface area contributed by atoms with E-state index in [-0.39, 0.29) is 0 Å². The summed E-state index contributed by atoms with van der Waals surface area (Å²) in [5.74, 6) is 0.368. The summed E-state index contributed by atoms with van der Waals surface area (Å²) in [6.07, 6.45) is 5.48. The van der Waals surface area contributed by atoms with Crippen molar-refractivity contribution in [2.24, 2.45) is 13.0 Å². The van der Waals surface area contributed by atoms with Gasteiger partial charge in [0.2, 0.25) is 0 Å². The van der Waals surface area contributed by atoms with Gasteiger partial charge < -0.3 is 9.67 Å². The van der Waals surface area contributed by atoms with E-state index in [4.69, 9.17) is 0 Å². The Kier molecular flexibility index (Phi) is 1.51. The maximum Gasteiger partial charge on any atom is 0.109 e. The van der Waals surface area contributed by atoms with Crippen LogP contribution in [0.4, 0.5) is 0 Å². The van der Waals surface area contributed by atoms with Gasteiger partial charge in [-0.05, 0) is 18.8 Å². The van der Waals surface area contributed by atoms with Crippen molar-refractivity contribution < 1.29 is 5.11 Å². The lowest BCUT2D eigenvalue weighted by atomic mass is 9.69. The van der Waals surface area contributed by atoms with Gasteiger partial charge in [-0.3, -0.25) is 0 Å². The quantitative estimate of drug-likeness (QED) is 0.677. The van der Waals surface area contributed by atoms with Crippen molar-refractivity contribution in [2.45, 2.75) is 25.4 Å². The fourth-order valence-electron chi connectivity index (χ4n) is 1.86. The molecular formula is C9H14N2O. The van der Waals surface area contributed by atoms with Crippen LogP contribution in [0.25, 0.3) is 0 Å². The number of aryl methyl sites for hydroxylation is 1. The Bertz CT molecular complexity index is 294. The van der Waals surface area contributed by atoms with E-state index < -0.39 is 5.60 Å². The second kappa shape index (κ2) is 2.33. The second-order valence-electron chi connectivity index (χ2n) is 3.75. The topological polar surface area (TPSA) is 38.1 Å². The molecule has 3 nitrogen and oxygen atoms in total. The third-order valence-corrected chi connectivity index (χ3v) is 3.03. The highest BCUT2D eigenvalue weighted by Crippen LogP contribution is 2.45. The molecule has 1 heterocycles. The highest BCUT2D eigenvalue weighted by atomic mass is 16.3. The molecule has 1 aliphatic rings. The molecule has 1 saturated carbocycles. The SMILES string of the molecule is CC1CCC1(O)c1cncn1C. The predicted octanol–water partition coefficient (Wildman–Crippen LogP) is 1.04. The van der Waals surface area contributed by atoms with Crippen molar-refractivity contribution in [3.8, 4) is 0 Å². The molecular weight excluding hydrogens is 152 g/mol. The van der Waals surface area contributed by atoms with Crippen LogP contribution >= 0.6 is 0 Å². The smallest absolute Gasteiger partial charge is 0.109 e. The molecule has 2 unspecified atom stereocenters. The summed E-state index contributed by atoms with van der Waals surface area (Å²) in [6, 6.07) is 0. The summed E-state index contributed by atoms with van der Waals surface area (Å²) >= 11 is 0. The maximum atomic E-state index is 10.2. The van der Waals surface area contributed by atoms with Gasteiger partial charge in [0.05, 0.1) is 18.2 Å². The summed E-state index contributed by atoms with van der Waals surface area (Å²) < 4.78 is 1.90. The van der Waals surface area contributed by atoms with Crippen LogP contribution in [0.5, 0.6) is 0 Å². The zero-order valence-corrected chi connectivity index (χ0v) is 7.49. The van der Waals surface area contributed by atoms with Crippen LogP contribution in [-0.4, -0.2) is 14.7 Å². The van der Waals surface area contributed by atoms with Gasteiger partial charge in [0.1, 0.15) is 5.60 Å². The maximum absolute atomic E-state index is 10.2. The normalized spacial score (nSPS) is 34.8. The van der Waals surface area contributed by atoms with Gasteiger partial charge in [0.15, 0.2) is 0 Å². The predicted molar refractivity (Wildman–Crippen MR) is 45.5 cm³/mol. The summed E-state index contributed by atoms with van der Waals surface area (Å²) in [6.45, 7) is 2.08. The number of aromatic nitrogens is 2. The number of imidazole rings is 1. The summed E-state index contributed by atoms with van der Waals surface area (Å²) in [5, 5.41) is 10.2. The van der Waals surface area contributed by atoms with Gasteiger partial charge in [0.25, 0.3) is 0 Å². The van der Waals surface area contributed by atoms with E-state index >= 15 is 0 Å². The van der Waals surface area contributed by atoms with E-state index in [9.17, 15) is 5.11 Å². The van der Waals surface area contributed by atoms with E-state index in [0.29, 0.717) is 5.92 Å². The zero-order chi connectivity index (χ0) is 8.77. The summed E-state index contributed by atoms with van der Waals surface area (Å²) in [4.78, 5) is 4.01. The van der Waals surface area contributed by atoms with Crippen LogP contribution < -0.4 is 0 Å². The van der Waals surface area contributed by atoms with E-state index in [0.717, 1.165) is 18.5 Å². The summed E-state index contributed by atoms with van der Waals surface area (Å²) in [7, 11) is 1.92. The van der Waals surface area contributed by atoms with Gasteiger partial charge in [-0.25, -0.2) is 4.98 Å². The third kappa shape index (κ3) is 0.829. The van der Waals surface area contributed by atoms with E-state index in [1.54, 1.807) is 12.5 Å². The average Bonchev–Trinajstić information content (AvgIpc) is 2.47. The molecule has 0 radical (unpaired) electrons. The minimum atomic E-state index is -0.606. The number of hydrogen-bond donors (Lipinski definition) is 1. The fraction of sp³-hybridized carbons (Fsp3) is 0.667. The molecule has 1 aromatic heterocycles. The minimum absolute atomic E-state index is 0.368. The lowest BCUT2D eigenvalue weighted by molar-refractivity contribution is -0.0983. The van der Waals surface area contributed by atoms with Gasteiger partial charge >= 0.3 is 0 Å². The number of aliphatic hydroxyl groups is 1. The van der Waals surface area contributed by atoms with Crippen LogP contribution in [0.3, 0.4) is 0 Å². The Balaban J connectivity index is 2.36. The molecule has 1 fully saturated rings. The van der Waals surface area contributed by atoms with Crippen molar-refractivity contribution in [1.29, 1.82) is 0 Å². The molecule has 12 heavy (non-hydrogen) atoms. The molecule has 0 aliphatic heterocycles. The molecule has 0 aromatic carbocycles. The first-order valence-corrected chi connectivity index (χ1v) is 4.34. The molecule has 1 aromatic rings. The molecule has 0 bridgehead atoms. The standard InChI is InChI=1S/C9H14N2O/c1-7-3-4-9(7,12)8-5-10-6-11(8)2/h5-7,12H,3-4H2,1-2H3. The summed E-state index contributed by atoms with van der Waals surface area (Å²) in [5.41, 5.74) is 0.340. The molecule has 2 rings (SSSR count). The lowest BCUT2D eigenvalue weighted by Crippen LogP contribution is -2.43. The Labute approximate surface area is 72.0 Å². The zero-order valence-electron chi connectivity index (χ0n) is 7.49. The van der Waals surface area contributed by atoms with Gasteiger partial charge in [0, 0.05) is 7.05 Å². The van der Waals surface area contributed by atoms with Crippen LogP contribution in [0, 0.1) is 5.92 Å². The lowest BCUT2D eigenvalue weighted by Gasteiger charge is -2.43. The number of hydrogen-bond acceptors (Lipinski definition) is 2. The molecule has 0 amide bonds. The van der Waals surface area contributed by atoms with E-state index in [1.165, 1.54) is 0 Å². The molecule has 0 saturated heterocycles. The Morgan fingerprint density at radius 2 is 2.50 bits per heavy atom. The van der Waals surface area contributed by atoms with Gasteiger partial charge in [-0.2, -0.15) is 0 Å². The van der Waals surface area contributed by atoms with Crippen molar-refractivity contribution in [3.63, 3.8) is 0 Å². The van der Waals surface area contributed by atoms with Crippen molar-refractivity contribution in [3.05, 3.63) is 18.2 Å². The molecule has 0 spiro atoms. The van der Waals surface area contributed by atoms with Crippen LogP contribution in [0.1, 0.15) is 25.5 Å². The Morgan fingerprint density at radius 1 is 1.75 bits per heavy atom. The Morgan fingerprint density at radius 3 is 2.83 bits per heavy atom. The first kappa shape index (κ1) is 7.80. The van der Waals surface area contributed by atoms with E-state index in [2.05, 4.69) is 11.9 Å². The fourth-order valence-corrected chi connectivity index (χ4v) is 1.86. The number of nitrogens with zero attached hydrogens (tertiary/aromatic N) is 2. The van der Waals surface area contributed by atoms with Gasteiger partial charge in [-0.1, -0.05) is 6.92 Å².